The number of carbonyl (C=O) groups is 12. The lowest BCUT2D eigenvalue weighted by molar-refractivity contribution is -0.182. The molecule has 2 aliphatic rings. The van der Waals surface area contributed by atoms with E-state index < -0.39 is 107 Å². The van der Waals surface area contributed by atoms with Crippen LogP contribution >= 0.6 is 0 Å². The Bertz CT molecular complexity index is 2510. The van der Waals surface area contributed by atoms with E-state index in [4.69, 9.17) is 50.2 Å². The van der Waals surface area contributed by atoms with Crippen molar-refractivity contribution in [1.29, 1.82) is 0 Å². The van der Waals surface area contributed by atoms with Crippen LogP contribution in [0, 0.1) is 0 Å². The van der Waals surface area contributed by atoms with E-state index in [0.29, 0.717) is 0 Å². The van der Waals surface area contributed by atoms with Gasteiger partial charge in [-0.25, -0.2) is 57.5 Å². The first-order chi connectivity index (χ1) is 31.4. The van der Waals surface area contributed by atoms with Crippen LogP contribution in [0.25, 0.3) is 0 Å². The number of benzene rings is 4. The van der Waals surface area contributed by atoms with E-state index in [2.05, 4.69) is 19.2 Å². The fourth-order valence-electron chi connectivity index (χ4n) is 5.45. The second-order valence-corrected chi connectivity index (χ2v) is 12.3. The lowest BCUT2D eigenvalue weighted by atomic mass is 10.0. The van der Waals surface area contributed by atoms with Gasteiger partial charge < -0.3 is 38.6 Å². The summed E-state index contributed by atoms with van der Waals surface area (Å²) in [5, 5.41) is 46.0. The van der Waals surface area contributed by atoms with Crippen molar-refractivity contribution in [3.63, 3.8) is 0 Å². The summed E-state index contributed by atoms with van der Waals surface area (Å²) in [6, 6.07) is 13.1. The molecule has 7 N–H and O–H groups in total. The highest BCUT2D eigenvalue weighted by Gasteiger charge is 2.32. The van der Waals surface area contributed by atoms with Gasteiger partial charge in [0.2, 0.25) is 0 Å². The molecule has 0 aromatic heterocycles. The van der Waals surface area contributed by atoms with Crippen LogP contribution in [0.2, 0.25) is 0 Å². The third-order valence-electron chi connectivity index (χ3n) is 8.44. The first kappa shape index (κ1) is 49.4. The quantitative estimate of drug-likeness (QED) is 0.0229. The molecule has 0 bridgehead atoms. The molecule has 2 heterocycles. The molecular weight excluding hydrogens is 896 g/mol. The molecule has 4 aromatic rings. The first-order valence-corrected chi connectivity index (χ1v) is 17.6. The number of cyclic esters (lactones) is 4. The van der Waals surface area contributed by atoms with Gasteiger partial charge in [0.05, 0.1) is 66.8 Å². The van der Waals surface area contributed by atoms with Crippen molar-refractivity contribution in [3.8, 4) is 0 Å². The summed E-state index contributed by atoms with van der Waals surface area (Å²) in [5.74, 6) is -12.8. The number of rotatable bonds is 14. The second-order valence-electron chi connectivity index (χ2n) is 12.3. The molecule has 26 nitrogen and oxygen atoms in total. The molecule has 66 heavy (non-hydrogen) atoms. The van der Waals surface area contributed by atoms with E-state index in [9.17, 15) is 57.5 Å². The van der Waals surface area contributed by atoms with Crippen LogP contribution in [-0.4, -0.2) is 129 Å². The Kier molecular flexibility index (Phi) is 16.6. The summed E-state index contributed by atoms with van der Waals surface area (Å²) in [4.78, 5) is 146. The molecule has 0 aliphatic carbocycles. The number of aromatic carboxylic acids is 2. The van der Waals surface area contributed by atoms with Crippen molar-refractivity contribution in [2.75, 3.05) is 26.4 Å². The van der Waals surface area contributed by atoms with Crippen LogP contribution in [0.5, 0.6) is 0 Å². The summed E-state index contributed by atoms with van der Waals surface area (Å²) in [6.45, 7) is -1.53. The molecule has 2 aliphatic heterocycles. The zero-order valence-corrected chi connectivity index (χ0v) is 32.7. The third-order valence-corrected chi connectivity index (χ3v) is 8.44. The second kappa shape index (κ2) is 22.2. The zero-order chi connectivity index (χ0) is 48.8. The maximum atomic E-state index is 12.1. The summed E-state index contributed by atoms with van der Waals surface area (Å²) in [7, 11) is 0. The fraction of sp³-hybridized carbons (Fsp3) is 0.100. The van der Waals surface area contributed by atoms with Crippen LogP contribution in [0.3, 0.4) is 0 Å². The predicted molar refractivity (Wildman–Crippen MR) is 203 cm³/mol. The fourth-order valence-corrected chi connectivity index (χ4v) is 5.45. The van der Waals surface area contributed by atoms with Crippen molar-refractivity contribution in [2.45, 2.75) is 0 Å². The maximum Gasteiger partial charge on any atom is 0.373 e. The van der Waals surface area contributed by atoms with Gasteiger partial charge in [0.1, 0.15) is 26.4 Å². The van der Waals surface area contributed by atoms with E-state index in [1.807, 2.05) is 0 Å². The Morgan fingerprint density at radius 1 is 0.394 bits per heavy atom. The van der Waals surface area contributed by atoms with Crippen molar-refractivity contribution in [1.82, 2.24) is 0 Å². The lowest BCUT2D eigenvalue weighted by Gasteiger charge is -2.09. The highest BCUT2D eigenvalue weighted by atomic mass is 17.1. The highest BCUT2D eigenvalue weighted by molar-refractivity contribution is 6.16. The minimum absolute atomic E-state index is 0.0218. The average Bonchev–Trinajstić information content (AvgIpc) is 3.78. The van der Waals surface area contributed by atoms with Gasteiger partial charge in [0.15, 0.2) is 0 Å². The maximum absolute atomic E-state index is 12.1. The van der Waals surface area contributed by atoms with Gasteiger partial charge in [-0.2, -0.15) is 10.5 Å². The highest BCUT2D eigenvalue weighted by Crippen LogP contribution is 2.23. The molecule has 0 radical (unpaired) electrons. The van der Waals surface area contributed by atoms with Crippen molar-refractivity contribution < 1.29 is 127 Å². The normalized spacial score (nSPS) is 11.6. The SMILES string of the molecule is O=C(OCCOC(=O)c1ccc(C(=O)O)c(C(=O)OO)c1)c1ccc(C(=O)O)c(C(=O)OO)c1.O=C(OCCOC(=O)c1ccc2c(c1)C(=O)OC2=O)c1ccc2c(c1)C(=O)OC2=O.O[OH2+]. The molecule has 0 fully saturated rings. The number of carboxylic acid groups (broad SMARTS) is 2. The van der Waals surface area contributed by atoms with Gasteiger partial charge in [-0.1, -0.05) is 0 Å². The number of hydrogen-bond donors (Lipinski definition) is 5. The van der Waals surface area contributed by atoms with Gasteiger partial charge in [-0.05, 0) is 72.8 Å². The molecule has 6 rings (SSSR count). The van der Waals surface area contributed by atoms with Crippen molar-refractivity contribution in [3.05, 3.63) is 140 Å². The van der Waals surface area contributed by atoms with Crippen LogP contribution in [-0.2, 0) is 38.2 Å². The smallest absolute Gasteiger partial charge is 0.373 e. The van der Waals surface area contributed by atoms with Crippen LogP contribution in [0.15, 0.2) is 72.8 Å². The monoisotopic (exact) mass is 923 g/mol. The van der Waals surface area contributed by atoms with Gasteiger partial charge in [0, 0.05) is 0 Å². The van der Waals surface area contributed by atoms with E-state index in [-0.39, 0.29) is 57.7 Å². The number of esters is 8. The van der Waals surface area contributed by atoms with Crippen LogP contribution < -0.4 is 0 Å². The number of carboxylic acids is 2. The number of hydrogen-bond acceptors (Lipinski definition) is 23. The van der Waals surface area contributed by atoms with Gasteiger partial charge in [-0.3, -0.25) is 15.0 Å². The molecule has 0 saturated carbocycles. The summed E-state index contributed by atoms with van der Waals surface area (Å²) >= 11 is 0. The molecule has 0 unspecified atom stereocenters. The number of fused-ring (bicyclic) bond motifs is 2. The molecule has 26 heteroatoms. The Labute approximate surface area is 364 Å². The van der Waals surface area contributed by atoms with Crippen LogP contribution in [0.1, 0.15) is 124 Å². The molecular formula is C40H27O26+. The summed E-state index contributed by atoms with van der Waals surface area (Å²) in [5.41, 5.74) is -2.75. The average molecular weight is 924 g/mol. The van der Waals surface area contributed by atoms with Gasteiger partial charge in [0.25, 0.3) is 0 Å². The molecule has 4 aromatic carbocycles. The van der Waals surface area contributed by atoms with E-state index in [1.54, 1.807) is 0 Å². The van der Waals surface area contributed by atoms with Crippen molar-refractivity contribution in [2.24, 2.45) is 0 Å². The molecule has 0 amide bonds. The number of ether oxygens (including phenoxy) is 6. The molecule has 342 valence electrons. The Morgan fingerprint density at radius 2 is 0.667 bits per heavy atom. The van der Waals surface area contributed by atoms with Gasteiger partial charge in [-0.15, -0.1) is 5.26 Å². The number of carbonyl (C=O) groups excluding carboxylic acids is 10. The summed E-state index contributed by atoms with van der Waals surface area (Å²) < 4.78 is 28.5. The standard InChI is InChI=1S/C20H14O14.C20H10O10.H2O2/c21-15(22)11-3-1-9(7-13(11)19(27)33-29)17(25)31-5-6-32-18(26)10-2-4-12(16(23)24)14(8-10)20(28)34-30;21-15(9-1-3-11-13(7-9)19(25)29-17(11)23)27-5-6-28-16(22)10-2-4-12-14(8-10)20(26)30-18(12)24;1-2/h1-4,7-8,29-30H,5-6H2,(H,21,22)(H,23,24);1-4,7-8H,5-6H2;1-2H/p+1. The minimum Gasteiger partial charge on any atom is -0.478 e. The molecule has 0 atom stereocenters. The largest absolute Gasteiger partial charge is 0.478 e. The Hall–Kier alpha value is -9.24. The van der Waals surface area contributed by atoms with Gasteiger partial charge >= 0.3 is 71.6 Å². The van der Waals surface area contributed by atoms with Crippen LogP contribution in [0.4, 0.5) is 0 Å². The van der Waals surface area contributed by atoms with Crippen molar-refractivity contribution >= 4 is 71.6 Å². The Balaban J connectivity index is 0.000000280. The van der Waals surface area contributed by atoms with E-state index in [1.165, 1.54) is 36.4 Å². The predicted octanol–water partition coefficient (Wildman–Crippen LogP) is 1.86. The molecule has 0 spiro atoms. The first-order valence-electron chi connectivity index (χ1n) is 17.6. The van der Waals surface area contributed by atoms with E-state index >= 15 is 0 Å². The topological polar surface area (TPSA) is 403 Å². The Morgan fingerprint density at radius 3 is 0.955 bits per heavy atom. The third kappa shape index (κ3) is 11.6. The molecule has 0 saturated heterocycles. The lowest BCUT2D eigenvalue weighted by Crippen LogP contribution is -2.17. The zero-order valence-electron chi connectivity index (χ0n) is 32.7. The van der Waals surface area contributed by atoms with E-state index in [0.717, 1.165) is 36.4 Å². The minimum atomic E-state index is -1.51. The summed E-state index contributed by atoms with van der Waals surface area (Å²) in [6.07, 6.45) is 0.